The van der Waals surface area contributed by atoms with Crippen molar-refractivity contribution in [3.63, 3.8) is 0 Å². The van der Waals surface area contributed by atoms with Crippen LogP contribution in [-0.4, -0.2) is 33.6 Å². The Labute approximate surface area is 104 Å². The molecule has 2 N–H and O–H groups in total. The van der Waals surface area contributed by atoms with Crippen molar-refractivity contribution in [1.29, 1.82) is 0 Å². The van der Waals surface area contributed by atoms with E-state index in [0.717, 1.165) is 11.3 Å². The van der Waals surface area contributed by atoms with E-state index in [0.29, 0.717) is 12.4 Å². The van der Waals surface area contributed by atoms with Gasteiger partial charge in [0.1, 0.15) is 5.75 Å². The fourth-order valence-corrected chi connectivity index (χ4v) is 1.51. The number of hydrogen-bond acceptors (Lipinski definition) is 5. The minimum absolute atomic E-state index is 0.103. The zero-order valence-corrected chi connectivity index (χ0v) is 9.88. The zero-order valence-electron chi connectivity index (χ0n) is 9.88. The number of nitrogens with zero attached hydrogens (tertiary/aromatic N) is 3. The molecule has 0 bridgehead atoms. The van der Waals surface area contributed by atoms with Crippen LogP contribution < -0.4 is 10.1 Å². The van der Waals surface area contributed by atoms with Crippen molar-refractivity contribution in [2.24, 2.45) is 0 Å². The van der Waals surface area contributed by atoms with E-state index in [9.17, 15) is 4.79 Å². The largest absolute Gasteiger partial charge is 0.496 e. The van der Waals surface area contributed by atoms with Gasteiger partial charge >= 0.3 is 0 Å². The molecular formula is C11H13N5O2. The minimum atomic E-state index is -0.165. The van der Waals surface area contributed by atoms with Crippen molar-refractivity contribution in [1.82, 2.24) is 25.9 Å². The second-order valence-corrected chi connectivity index (χ2v) is 3.59. The Morgan fingerprint density at radius 3 is 3.00 bits per heavy atom. The molecule has 0 saturated carbocycles. The van der Waals surface area contributed by atoms with Crippen molar-refractivity contribution in [3.05, 3.63) is 35.7 Å². The molecule has 0 aliphatic rings. The van der Waals surface area contributed by atoms with Crippen LogP contribution in [0.5, 0.6) is 5.75 Å². The van der Waals surface area contributed by atoms with Gasteiger partial charge in [0.2, 0.25) is 5.91 Å². The predicted octanol–water partition coefficient (Wildman–Crippen LogP) is 0.0672. The van der Waals surface area contributed by atoms with E-state index in [1.54, 1.807) is 7.11 Å². The molecule has 0 aliphatic carbocycles. The first-order chi connectivity index (χ1) is 8.79. The number of nitrogens with one attached hydrogen (secondary N) is 2. The maximum atomic E-state index is 11.6. The predicted molar refractivity (Wildman–Crippen MR) is 62.7 cm³/mol. The number of benzene rings is 1. The Balaban J connectivity index is 1.89. The molecule has 1 aromatic carbocycles. The normalized spacial score (nSPS) is 10.1. The van der Waals surface area contributed by atoms with E-state index in [-0.39, 0.29) is 12.3 Å². The van der Waals surface area contributed by atoms with Gasteiger partial charge in [-0.25, -0.2) is 0 Å². The average Bonchev–Trinajstić information content (AvgIpc) is 2.89. The molecule has 0 fully saturated rings. The highest BCUT2D eigenvalue weighted by molar-refractivity contribution is 5.77. The number of methoxy groups -OCH3 is 1. The number of H-pyrrole nitrogens is 1. The van der Waals surface area contributed by atoms with Gasteiger partial charge in [-0.15, -0.1) is 10.2 Å². The number of hydrogen-bond donors (Lipinski definition) is 2. The average molecular weight is 247 g/mol. The lowest BCUT2D eigenvalue weighted by Crippen LogP contribution is -2.25. The van der Waals surface area contributed by atoms with Crippen LogP contribution in [0, 0.1) is 0 Å². The first-order valence-corrected chi connectivity index (χ1v) is 5.40. The van der Waals surface area contributed by atoms with E-state index in [1.165, 1.54) is 0 Å². The third-order valence-corrected chi connectivity index (χ3v) is 2.38. The van der Waals surface area contributed by atoms with Crippen molar-refractivity contribution in [2.75, 3.05) is 7.11 Å². The summed E-state index contributed by atoms with van der Waals surface area (Å²) in [6, 6.07) is 7.51. The molecule has 0 spiro atoms. The van der Waals surface area contributed by atoms with Gasteiger partial charge in [-0.2, -0.15) is 5.21 Å². The Bertz CT molecular complexity index is 512. The van der Waals surface area contributed by atoms with Gasteiger partial charge in [0.05, 0.1) is 13.5 Å². The third kappa shape index (κ3) is 3.03. The van der Waals surface area contributed by atoms with Crippen LogP contribution in [-0.2, 0) is 17.8 Å². The number of carbonyl (C=O) groups is 1. The minimum Gasteiger partial charge on any atom is -0.496 e. The van der Waals surface area contributed by atoms with Crippen LogP contribution in [0.3, 0.4) is 0 Å². The molecule has 0 aliphatic heterocycles. The van der Waals surface area contributed by atoms with Crippen LogP contribution in [0.4, 0.5) is 0 Å². The fraction of sp³-hybridized carbons (Fsp3) is 0.273. The van der Waals surface area contributed by atoms with Crippen molar-refractivity contribution >= 4 is 5.91 Å². The molecule has 94 valence electrons. The number of amides is 1. The summed E-state index contributed by atoms with van der Waals surface area (Å²) in [6.45, 7) is 0.403. The van der Waals surface area contributed by atoms with Crippen LogP contribution >= 0.6 is 0 Å². The molecule has 7 heteroatoms. The second-order valence-electron chi connectivity index (χ2n) is 3.59. The highest BCUT2D eigenvalue weighted by Gasteiger charge is 2.08. The molecule has 2 aromatic rings. The van der Waals surface area contributed by atoms with Crippen molar-refractivity contribution in [3.8, 4) is 5.75 Å². The van der Waals surface area contributed by atoms with Gasteiger partial charge in [0, 0.05) is 12.1 Å². The Hall–Kier alpha value is -2.44. The van der Waals surface area contributed by atoms with Crippen LogP contribution in [0.2, 0.25) is 0 Å². The van der Waals surface area contributed by atoms with Crippen LogP contribution in [0.1, 0.15) is 11.4 Å². The van der Waals surface area contributed by atoms with Gasteiger partial charge in [-0.05, 0) is 6.07 Å². The Kier molecular flexibility index (Phi) is 3.85. The maximum Gasteiger partial charge on any atom is 0.228 e. The molecule has 2 rings (SSSR count). The number of ether oxygens (including phenoxy) is 1. The summed E-state index contributed by atoms with van der Waals surface area (Å²) in [4.78, 5) is 11.6. The third-order valence-electron chi connectivity index (χ3n) is 2.38. The number of aromatic nitrogens is 4. The smallest absolute Gasteiger partial charge is 0.228 e. The summed E-state index contributed by atoms with van der Waals surface area (Å²) in [5.41, 5.74) is 0.918. The number of para-hydroxylation sites is 1. The SMILES string of the molecule is COc1ccccc1CNC(=O)Cc1nn[nH]n1. The zero-order chi connectivity index (χ0) is 12.8. The summed E-state index contributed by atoms with van der Waals surface area (Å²) in [7, 11) is 1.60. The number of aromatic amines is 1. The lowest BCUT2D eigenvalue weighted by atomic mass is 10.2. The molecular weight excluding hydrogens is 234 g/mol. The molecule has 18 heavy (non-hydrogen) atoms. The monoisotopic (exact) mass is 247 g/mol. The molecule has 1 amide bonds. The summed E-state index contributed by atoms with van der Waals surface area (Å²) >= 11 is 0. The van der Waals surface area contributed by atoms with E-state index in [2.05, 4.69) is 25.9 Å². The topological polar surface area (TPSA) is 92.8 Å². The summed E-state index contributed by atoms with van der Waals surface area (Å²) in [6.07, 6.45) is 0.103. The number of carbonyl (C=O) groups excluding carboxylic acids is 1. The van der Waals surface area contributed by atoms with Crippen molar-refractivity contribution < 1.29 is 9.53 Å². The van der Waals surface area contributed by atoms with Gasteiger partial charge in [-0.1, -0.05) is 23.4 Å². The molecule has 1 aromatic heterocycles. The van der Waals surface area contributed by atoms with Gasteiger partial charge in [-0.3, -0.25) is 4.79 Å². The molecule has 7 nitrogen and oxygen atoms in total. The first kappa shape index (κ1) is 12.0. The van der Waals surface area contributed by atoms with Gasteiger partial charge in [0.25, 0.3) is 0 Å². The van der Waals surface area contributed by atoms with Crippen molar-refractivity contribution in [2.45, 2.75) is 13.0 Å². The van der Waals surface area contributed by atoms with E-state index < -0.39 is 0 Å². The van der Waals surface area contributed by atoms with E-state index in [1.807, 2.05) is 24.3 Å². The summed E-state index contributed by atoms with van der Waals surface area (Å²) in [5.74, 6) is 0.951. The first-order valence-electron chi connectivity index (χ1n) is 5.40. The summed E-state index contributed by atoms with van der Waals surface area (Å²) < 4.78 is 5.19. The molecule has 0 atom stereocenters. The van der Waals surface area contributed by atoms with Gasteiger partial charge < -0.3 is 10.1 Å². The highest BCUT2D eigenvalue weighted by Crippen LogP contribution is 2.16. The summed E-state index contributed by atoms with van der Waals surface area (Å²) in [5, 5.41) is 15.9. The molecule has 0 unspecified atom stereocenters. The van der Waals surface area contributed by atoms with Crippen LogP contribution in [0.25, 0.3) is 0 Å². The number of tetrazole rings is 1. The standard InChI is InChI=1S/C11H13N5O2/c1-18-9-5-3-2-4-8(9)7-12-11(17)6-10-13-15-16-14-10/h2-5H,6-7H2,1H3,(H,12,17)(H,13,14,15,16). The molecule has 0 saturated heterocycles. The number of rotatable bonds is 5. The Morgan fingerprint density at radius 1 is 1.44 bits per heavy atom. The van der Waals surface area contributed by atoms with E-state index >= 15 is 0 Å². The van der Waals surface area contributed by atoms with Crippen LogP contribution in [0.15, 0.2) is 24.3 Å². The maximum absolute atomic E-state index is 11.6. The highest BCUT2D eigenvalue weighted by atomic mass is 16.5. The molecule has 0 radical (unpaired) electrons. The molecule has 1 heterocycles. The lowest BCUT2D eigenvalue weighted by Gasteiger charge is -2.08. The lowest BCUT2D eigenvalue weighted by molar-refractivity contribution is -0.120. The fourth-order valence-electron chi connectivity index (χ4n) is 1.51. The van der Waals surface area contributed by atoms with E-state index in [4.69, 9.17) is 4.74 Å². The Morgan fingerprint density at radius 2 is 2.28 bits per heavy atom. The second kappa shape index (κ2) is 5.76. The quantitative estimate of drug-likeness (QED) is 0.779. The van der Waals surface area contributed by atoms with Gasteiger partial charge in [0.15, 0.2) is 5.82 Å².